The van der Waals surface area contributed by atoms with E-state index in [-0.39, 0.29) is 0 Å². The highest BCUT2D eigenvalue weighted by Gasteiger charge is 2.20. The summed E-state index contributed by atoms with van der Waals surface area (Å²) in [6.07, 6.45) is 5.03. The van der Waals surface area contributed by atoms with Gasteiger partial charge in [-0.25, -0.2) is 9.98 Å². The number of benzene rings is 3. The predicted molar refractivity (Wildman–Crippen MR) is 140 cm³/mol. The number of amidine groups is 1. The maximum atomic E-state index is 5.34. The van der Waals surface area contributed by atoms with Crippen molar-refractivity contribution in [3.05, 3.63) is 96.1 Å². The Morgan fingerprint density at radius 2 is 1.36 bits per heavy atom. The molecule has 5 rings (SSSR count). The molecular weight excluding hydrogens is 422 g/mol. The quantitative estimate of drug-likeness (QED) is 0.234. The van der Waals surface area contributed by atoms with Crippen molar-refractivity contribution in [1.82, 2.24) is 9.88 Å². The van der Waals surface area contributed by atoms with Crippen LogP contribution in [0.2, 0.25) is 0 Å². The molecule has 0 bridgehead atoms. The summed E-state index contributed by atoms with van der Waals surface area (Å²) in [5, 5.41) is 1.98. The van der Waals surface area contributed by atoms with Crippen molar-refractivity contribution in [1.29, 1.82) is 0 Å². The number of aromatic nitrogens is 1. The van der Waals surface area contributed by atoms with Gasteiger partial charge in [0, 0.05) is 29.8 Å². The first-order valence-electron chi connectivity index (χ1n) is 11.8. The third-order valence-electron chi connectivity index (χ3n) is 6.10. The van der Waals surface area contributed by atoms with E-state index in [1.165, 1.54) is 36.8 Å². The fourth-order valence-corrected chi connectivity index (χ4v) is 5.24. The lowest BCUT2D eigenvalue weighted by Gasteiger charge is -2.24. The Morgan fingerprint density at radius 1 is 0.758 bits per heavy atom. The first kappa shape index (κ1) is 21.6. The van der Waals surface area contributed by atoms with E-state index in [4.69, 9.17) is 9.98 Å². The van der Waals surface area contributed by atoms with Crippen LogP contribution in [0.3, 0.4) is 0 Å². The van der Waals surface area contributed by atoms with Gasteiger partial charge in [0.25, 0.3) is 0 Å². The minimum absolute atomic E-state index is 0.957. The van der Waals surface area contributed by atoms with Crippen LogP contribution in [0.4, 0.5) is 5.00 Å². The molecule has 0 N–H and O–H groups in total. The van der Waals surface area contributed by atoms with Gasteiger partial charge in [0.05, 0.1) is 0 Å². The van der Waals surface area contributed by atoms with Crippen molar-refractivity contribution in [2.24, 2.45) is 4.99 Å². The van der Waals surface area contributed by atoms with Gasteiger partial charge in [-0.15, -0.1) is 0 Å². The molecule has 1 saturated heterocycles. The molecule has 0 unspecified atom stereocenters. The lowest BCUT2D eigenvalue weighted by molar-refractivity contribution is 0.436. The average molecular weight is 452 g/mol. The summed E-state index contributed by atoms with van der Waals surface area (Å²) < 4.78 is 0. The van der Waals surface area contributed by atoms with Crippen LogP contribution in [-0.2, 0) is 0 Å². The Labute approximate surface area is 200 Å². The van der Waals surface area contributed by atoms with E-state index in [2.05, 4.69) is 84.6 Å². The fraction of sp³-hybridized carbons (Fsp3) is 0.241. The van der Waals surface area contributed by atoms with Crippen molar-refractivity contribution in [3.63, 3.8) is 0 Å². The van der Waals surface area contributed by atoms with Crippen LogP contribution in [-0.4, -0.2) is 28.8 Å². The van der Waals surface area contributed by atoms with E-state index in [1.807, 2.05) is 12.1 Å². The second kappa shape index (κ2) is 10.1. The van der Waals surface area contributed by atoms with E-state index in [9.17, 15) is 0 Å². The standard InChI is InChI=1S/C29H29N3S/c1-22-16-18-24(19-17-22)27(32-20-10-2-3-11-21-32)31-29-26(23-12-6-4-7-13-23)30-28(33-29)25-14-8-5-9-15-25/h4-9,12-19H,2-3,10-11,20-21H2,1H3/b31-27-. The molecule has 2 heterocycles. The smallest absolute Gasteiger partial charge is 0.146 e. The van der Waals surface area contributed by atoms with Crippen LogP contribution in [0.15, 0.2) is 89.9 Å². The highest BCUT2D eigenvalue weighted by molar-refractivity contribution is 7.19. The van der Waals surface area contributed by atoms with Gasteiger partial charge in [0.15, 0.2) is 0 Å². The molecule has 166 valence electrons. The number of hydrogen-bond acceptors (Lipinski definition) is 3. The molecule has 4 aromatic rings. The number of aryl methyl sites for hydroxylation is 1. The molecule has 3 nitrogen and oxygen atoms in total. The second-order valence-corrected chi connectivity index (χ2v) is 9.59. The van der Waals surface area contributed by atoms with Gasteiger partial charge in [0.1, 0.15) is 21.5 Å². The molecule has 1 aliphatic heterocycles. The van der Waals surface area contributed by atoms with Crippen LogP contribution in [0.1, 0.15) is 36.8 Å². The summed E-state index contributed by atoms with van der Waals surface area (Å²) in [6, 6.07) is 29.6. The number of thiazole rings is 1. The molecule has 0 saturated carbocycles. The summed E-state index contributed by atoms with van der Waals surface area (Å²) in [6.45, 7) is 4.24. The molecule has 1 aromatic heterocycles. The first-order valence-corrected chi connectivity index (χ1v) is 12.6. The van der Waals surface area contributed by atoms with E-state index in [0.717, 1.165) is 45.8 Å². The largest absolute Gasteiger partial charge is 0.356 e. The van der Waals surface area contributed by atoms with Crippen LogP contribution < -0.4 is 0 Å². The Bertz CT molecular complexity index is 1200. The Hall–Kier alpha value is -3.24. The third kappa shape index (κ3) is 5.07. The van der Waals surface area contributed by atoms with Gasteiger partial charge in [-0.05, 0) is 19.8 Å². The van der Waals surface area contributed by atoms with Crippen LogP contribution in [0.25, 0.3) is 21.8 Å². The normalized spacial score (nSPS) is 14.8. The van der Waals surface area contributed by atoms with E-state index >= 15 is 0 Å². The predicted octanol–water partition coefficient (Wildman–Crippen LogP) is 7.74. The third-order valence-corrected chi connectivity index (χ3v) is 7.10. The molecule has 0 amide bonds. The van der Waals surface area contributed by atoms with Crippen molar-refractivity contribution in [2.75, 3.05) is 13.1 Å². The van der Waals surface area contributed by atoms with Gasteiger partial charge in [-0.1, -0.05) is 115 Å². The molecule has 4 heteroatoms. The van der Waals surface area contributed by atoms with Gasteiger partial charge < -0.3 is 4.90 Å². The van der Waals surface area contributed by atoms with Crippen molar-refractivity contribution >= 4 is 22.2 Å². The Morgan fingerprint density at radius 3 is 2.00 bits per heavy atom. The molecule has 0 atom stereocenters. The molecule has 0 radical (unpaired) electrons. The number of likely N-dealkylation sites (tertiary alicyclic amines) is 1. The minimum Gasteiger partial charge on any atom is -0.356 e. The van der Waals surface area contributed by atoms with Crippen molar-refractivity contribution in [3.8, 4) is 21.8 Å². The van der Waals surface area contributed by atoms with Crippen LogP contribution >= 0.6 is 11.3 Å². The van der Waals surface area contributed by atoms with Gasteiger partial charge in [0.2, 0.25) is 0 Å². The van der Waals surface area contributed by atoms with Crippen LogP contribution in [0, 0.1) is 6.92 Å². The lowest BCUT2D eigenvalue weighted by Crippen LogP contribution is -2.32. The molecule has 0 spiro atoms. The Kier molecular flexibility index (Phi) is 6.63. The van der Waals surface area contributed by atoms with Gasteiger partial charge in [-0.3, -0.25) is 0 Å². The van der Waals surface area contributed by atoms with E-state index in [0.29, 0.717) is 0 Å². The fourth-order valence-electron chi connectivity index (χ4n) is 4.28. The lowest BCUT2D eigenvalue weighted by atomic mass is 10.1. The summed E-state index contributed by atoms with van der Waals surface area (Å²) in [5.41, 5.74) is 5.64. The maximum Gasteiger partial charge on any atom is 0.146 e. The SMILES string of the molecule is Cc1ccc(/C(=N/c2sc(-c3ccccc3)nc2-c2ccccc2)N2CCCCCC2)cc1. The summed E-state index contributed by atoms with van der Waals surface area (Å²) in [7, 11) is 0. The molecule has 1 aliphatic rings. The minimum atomic E-state index is 0.957. The molecular formula is C29H29N3S. The zero-order valence-corrected chi connectivity index (χ0v) is 19.9. The zero-order chi connectivity index (χ0) is 22.5. The molecule has 0 aliphatic carbocycles. The Balaban J connectivity index is 1.65. The highest BCUT2D eigenvalue weighted by Crippen LogP contribution is 2.40. The van der Waals surface area contributed by atoms with Gasteiger partial charge >= 0.3 is 0 Å². The monoisotopic (exact) mass is 451 g/mol. The number of nitrogens with zero attached hydrogens (tertiary/aromatic N) is 3. The van der Waals surface area contributed by atoms with Crippen LogP contribution in [0.5, 0.6) is 0 Å². The van der Waals surface area contributed by atoms with Crippen molar-refractivity contribution < 1.29 is 0 Å². The van der Waals surface area contributed by atoms with E-state index < -0.39 is 0 Å². The molecule has 1 fully saturated rings. The first-order chi connectivity index (χ1) is 16.3. The highest BCUT2D eigenvalue weighted by atomic mass is 32.1. The van der Waals surface area contributed by atoms with Crippen molar-refractivity contribution in [2.45, 2.75) is 32.6 Å². The second-order valence-electron chi connectivity index (χ2n) is 8.61. The van der Waals surface area contributed by atoms with E-state index in [1.54, 1.807) is 11.3 Å². The average Bonchev–Trinajstić information content (AvgIpc) is 3.10. The molecule has 33 heavy (non-hydrogen) atoms. The topological polar surface area (TPSA) is 28.5 Å². The number of rotatable bonds is 4. The number of hydrogen-bond donors (Lipinski definition) is 0. The van der Waals surface area contributed by atoms with Gasteiger partial charge in [-0.2, -0.15) is 0 Å². The summed E-state index contributed by atoms with van der Waals surface area (Å²) in [4.78, 5) is 12.9. The molecule has 3 aromatic carbocycles. The summed E-state index contributed by atoms with van der Waals surface area (Å²) in [5.74, 6) is 1.07. The zero-order valence-electron chi connectivity index (χ0n) is 19.1. The number of aliphatic imine (C=N–C) groups is 1. The maximum absolute atomic E-state index is 5.34. The summed E-state index contributed by atoms with van der Waals surface area (Å²) >= 11 is 1.68.